The third kappa shape index (κ3) is 23.5. The molecular weight excluding hydrogens is 1110 g/mol. The Labute approximate surface area is 509 Å². The molecule has 86 heavy (non-hydrogen) atoms. The van der Waals surface area contributed by atoms with Crippen LogP contribution in [0.4, 0.5) is 8.78 Å². The first kappa shape index (κ1) is 73.5. The van der Waals surface area contributed by atoms with Crippen molar-refractivity contribution in [3.05, 3.63) is 107 Å². The van der Waals surface area contributed by atoms with Crippen LogP contribution < -0.4 is 5.32 Å². The van der Waals surface area contributed by atoms with Crippen LogP contribution in [-0.4, -0.2) is 150 Å². The van der Waals surface area contributed by atoms with Crippen molar-refractivity contribution in [1.29, 1.82) is 0 Å². The van der Waals surface area contributed by atoms with Crippen LogP contribution in [0.1, 0.15) is 164 Å². The van der Waals surface area contributed by atoms with Crippen molar-refractivity contribution < 1.29 is 70.8 Å². The van der Waals surface area contributed by atoms with Crippen LogP contribution in [-0.2, 0) is 92.3 Å². The maximum absolute atomic E-state index is 15.8. The Balaban J connectivity index is 2.01. The van der Waals surface area contributed by atoms with E-state index in [0.717, 1.165) is 25.8 Å². The van der Waals surface area contributed by atoms with Crippen LogP contribution in [0, 0.1) is 11.8 Å². The van der Waals surface area contributed by atoms with E-state index < -0.39 is 120 Å². The first-order valence-corrected chi connectivity index (χ1v) is 29.7. The molecule has 0 heterocycles. The summed E-state index contributed by atoms with van der Waals surface area (Å²) in [5, 5.41) is 2.95. The molecule has 0 aliphatic rings. The van der Waals surface area contributed by atoms with Crippen molar-refractivity contribution in [1.82, 2.24) is 20.0 Å². The predicted molar refractivity (Wildman–Crippen MR) is 326 cm³/mol. The van der Waals surface area contributed by atoms with Gasteiger partial charge in [-0.2, -0.15) is 0 Å². The Bertz CT molecular complexity index is 2730. The summed E-state index contributed by atoms with van der Waals surface area (Å²) in [6, 6.07) is 18.1. The topological polar surface area (TPSA) is 204 Å². The Kier molecular flexibility index (Phi) is 27.1. The second kappa shape index (κ2) is 31.8. The number of rotatable bonds is 30. The summed E-state index contributed by atoms with van der Waals surface area (Å²) < 4.78 is 60.2. The van der Waals surface area contributed by atoms with Crippen LogP contribution in [0.2, 0.25) is 0 Å². The second-order valence-corrected chi connectivity index (χ2v) is 26.7. The van der Waals surface area contributed by atoms with Gasteiger partial charge in [0.1, 0.15) is 42.1 Å². The first-order valence-electron chi connectivity index (χ1n) is 29.7. The van der Waals surface area contributed by atoms with E-state index in [1.165, 1.54) is 62.7 Å². The van der Waals surface area contributed by atoms with Gasteiger partial charge in [-0.05, 0) is 112 Å². The van der Waals surface area contributed by atoms with Crippen LogP contribution in [0.25, 0.3) is 0 Å². The minimum absolute atomic E-state index is 0.0253. The smallest absolute Gasteiger partial charge is 0.347 e. The molecule has 0 aromatic heterocycles. The number of ether oxygens (including phenoxy) is 5. The molecule has 0 bridgehead atoms. The molecule has 3 amide bonds. The fourth-order valence-electron chi connectivity index (χ4n) is 9.50. The highest BCUT2D eigenvalue weighted by Crippen LogP contribution is 2.29. The number of benzene rings is 3. The standard InChI is InChI=1S/C67H98F2N4O13/c1-41(2)34-50(70-17)60(78)85-54(36-45-26-30-48(31-27-45)64(7,8)9)57(75)72(19)52(38-66(13,14)68)62(80)83-43(5)56(74)71(18)51(35-42(3)4)61(79)86-55(37-46-28-32-49(33-29-46)65(10,11)12)58(76)73(20)53(39-67(15,16)69)63(81)84-44(6)59(77)82-40-47-24-22-21-23-25-47/h21-33,41-44,50-55,70H,34-40H2,1-20H3/t43-,44-,50+,51+,52+,53+,54-,55-/m1/s1. The molecule has 0 radical (unpaired) electrons. The summed E-state index contributed by atoms with van der Waals surface area (Å²) in [6.45, 7) is 27.0. The molecule has 1 N–H and O–H groups in total. The Morgan fingerprint density at radius 1 is 0.453 bits per heavy atom. The zero-order valence-electron chi connectivity index (χ0n) is 54.6. The number of hydrogen-bond acceptors (Lipinski definition) is 14. The minimum Gasteiger partial charge on any atom is -0.458 e. The summed E-state index contributed by atoms with van der Waals surface area (Å²) in [7, 11) is 5.39. The van der Waals surface area contributed by atoms with Crippen LogP contribution in [0.3, 0.4) is 0 Å². The van der Waals surface area contributed by atoms with E-state index in [1.54, 1.807) is 63.4 Å². The molecule has 19 heteroatoms. The first-order chi connectivity index (χ1) is 39.6. The van der Waals surface area contributed by atoms with E-state index in [9.17, 15) is 38.4 Å². The number of halogens is 2. The van der Waals surface area contributed by atoms with Crippen molar-refractivity contribution in [2.24, 2.45) is 11.8 Å². The van der Waals surface area contributed by atoms with Crippen molar-refractivity contribution >= 4 is 47.6 Å². The number of carbonyl (C=O) groups is 8. The zero-order chi connectivity index (χ0) is 65.4. The van der Waals surface area contributed by atoms with Crippen molar-refractivity contribution in [3.63, 3.8) is 0 Å². The summed E-state index contributed by atoms with van der Waals surface area (Å²) in [6.07, 6.45) is -7.41. The molecule has 17 nitrogen and oxygen atoms in total. The number of alkyl halides is 2. The number of carbonyl (C=O) groups excluding carboxylic acids is 8. The second-order valence-electron chi connectivity index (χ2n) is 26.7. The van der Waals surface area contributed by atoms with E-state index in [0.29, 0.717) is 23.1 Å². The number of esters is 5. The van der Waals surface area contributed by atoms with Gasteiger partial charge in [0.15, 0.2) is 24.4 Å². The molecule has 0 aliphatic carbocycles. The maximum Gasteiger partial charge on any atom is 0.347 e. The van der Waals surface area contributed by atoms with Gasteiger partial charge in [-0.3, -0.25) is 19.2 Å². The molecule has 478 valence electrons. The summed E-state index contributed by atoms with van der Waals surface area (Å²) in [5.74, 6) is -7.78. The van der Waals surface area contributed by atoms with Gasteiger partial charge >= 0.3 is 29.8 Å². The van der Waals surface area contributed by atoms with Crippen molar-refractivity contribution in [2.45, 2.75) is 227 Å². The van der Waals surface area contributed by atoms with Gasteiger partial charge in [0.2, 0.25) is 0 Å². The minimum atomic E-state index is -2.08. The quantitative estimate of drug-likeness (QED) is 0.0488. The monoisotopic (exact) mass is 1200 g/mol. The molecule has 3 aromatic rings. The lowest BCUT2D eigenvalue weighted by atomic mass is 9.86. The molecule has 0 unspecified atom stereocenters. The van der Waals surface area contributed by atoms with Gasteiger partial charge in [0, 0.05) is 46.8 Å². The molecular formula is C67H98F2N4O13. The van der Waals surface area contributed by atoms with Crippen molar-refractivity contribution in [2.75, 3.05) is 28.2 Å². The van der Waals surface area contributed by atoms with E-state index in [2.05, 4.69) is 26.1 Å². The highest BCUT2D eigenvalue weighted by Gasteiger charge is 2.43. The lowest BCUT2D eigenvalue weighted by Gasteiger charge is -2.35. The van der Waals surface area contributed by atoms with Crippen LogP contribution in [0.15, 0.2) is 78.9 Å². The largest absolute Gasteiger partial charge is 0.458 e. The summed E-state index contributed by atoms with van der Waals surface area (Å²) in [5.41, 5.74) is -0.694. The number of nitrogens with zero attached hydrogens (tertiary/aromatic N) is 3. The molecule has 0 saturated heterocycles. The Morgan fingerprint density at radius 2 is 0.826 bits per heavy atom. The normalized spacial score (nSPS) is 15.0. The molecule has 3 aromatic carbocycles. The number of likely N-dealkylation sites (N-methyl/N-ethyl adjacent to an activating group) is 4. The Morgan fingerprint density at radius 3 is 1.20 bits per heavy atom. The Hall–Kier alpha value is -6.76. The van der Waals surface area contributed by atoms with Gasteiger partial charge in [-0.1, -0.05) is 148 Å². The molecule has 0 aliphatic heterocycles. The SMILES string of the molecule is CN[C@@H](CC(C)C)C(=O)O[C@H](Cc1ccc(C(C)(C)C)cc1)C(=O)N(C)[C@@H](CC(C)(C)F)C(=O)O[C@H](C)C(=O)N(C)[C@@H](CC(C)C)C(=O)O[C@H](Cc1ccc(C(C)(C)C)cc1)C(=O)N(C)[C@@H](CC(C)(C)F)C(=O)O[C@H](C)C(=O)OCc1ccccc1. The number of nitrogens with one attached hydrogen (secondary N) is 1. The fourth-order valence-corrected chi connectivity index (χ4v) is 9.50. The molecule has 3 rings (SSSR count). The lowest BCUT2D eigenvalue weighted by molar-refractivity contribution is -0.176. The van der Waals surface area contributed by atoms with Crippen LogP contribution in [0.5, 0.6) is 0 Å². The van der Waals surface area contributed by atoms with Gasteiger partial charge < -0.3 is 43.7 Å². The highest BCUT2D eigenvalue weighted by molar-refractivity contribution is 5.93. The van der Waals surface area contributed by atoms with Gasteiger partial charge in [0.25, 0.3) is 17.7 Å². The van der Waals surface area contributed by atoms with Crippen LogP contribution >= 0.6 is 0 Å². The summed E-state index contributed by atoms with van der Waals surface area (Å²) in [4.78, 5) is 117. The third-order valence-electron chi connectivity index (χ3n) is 14.7. The average Bonchev–Trinajstić information content (AvgIpc) is 3.17. The van der Waals surface area contributed by atoms with E-state index in [-0.39, 0.29) is 48.5 Å². The van der Waals surface area contributed by atoms with E-state index in [4.69, 9.17) is 23.7 Å². The maximum atomic E-state index is 15.8. The van der Waals surface area contributed by atoms with Gasteiger partial charge in [-0.25, -0.2) is 28.0 Å². The number of amides is 3. The predicted octanol–water partition coefficient (Wildman–Crippen LogP) is 9.93. The van der Waals surface area contributed by atoms with E-state index >= 15 is 8.78 Å². The third-order valence-corrected chi connectivity index (χ3v) is 14.7. The summed E-state index contributed by atoms with van der Waals surface area (Å²) >= 11 is 0. The van der Waals surface area contributed by atoms with Gasteiger partial charge in [-0.15, -0.1) is 0 Å². The lowest BCUT2D eigenvalue weighted by Crippen LogP contribution is -2.54. The average molecular weight is 1210 g/mol. The molecule has 0 saturated carbocycles. The van der Waals surface area contributed by atoms with E-state index in [1.807, 2.05) is 71.0 Å². The molecule has 0 fully saturated rings. The fraction of sp³-hybridized carbons (Fsp3) is 0.612. The zero-order valence-corrected chi connectivity index (χ0v) is 54.6. The molecule has 8 atom stereocenters. The highest BCUT2D eigenvalue weighted by atomic mass is 19.1. The number of hydrogen-bond donors (Lipinski definition) is 1. The van der Waals surface area contributed by atoms with Gasteiger partial charge in [0.05, 0.1) is 0 Å². The van der Waals surface area contributed by atoms with Crippen molar-refractivity contribution in [3.8, 4) is 0 Å². The molecule has 0 spiro atoms.